The summed E-state index contributed by atoms with van der Waals surface area (Å²) in [7, 11) is 0. The molecule has 0 aliphatic heterocycles. The molecule has 0 aromatic heterocycles. The molecule has 2 rings (SSSR count). The first kappa shape index (κ1) is 15.9. The van der Waals surface area contributed by atoms with E-state index in [0.29, 0.717) is 17.9 Å². The van der Waals surface area contributed by atoms with Gasteiger partial charge in [-0.2, -0.15) is 13.2 Å². The van der Waals surface area contributed by atoms with Crippen LogP contribution in [0.2, 0.25) is 0 Å². The average Bonchev–Trinajstić information content (AvgIpc) is 2.45. The van der Waals surface area contributed by atoms with Crippen molar-refractivity contribution >= 4 is 15.9 Å². The molecule has 0 saturated carbocycles. The Morgan fingerprint density at radius 3 is 2.43 bits per heavy atom. The molecule has 0 unspecified atom stereocenters. The highest BCUT2D eigenvalue weighted by atomic mass is 79.9. The van der Waals surface area contributed by atoms with Crippen LogP contribution in [-0.2, 0) is 19.3 Å². The van der Waals surface area contributed by atoms with E-state index < -0.39 is 11.7 Å². The molecule has 0 fully saturated rings. The summed E-state index contributed by atoms with van der Waals surface area (Å²) in [6.07, 6.45) is -4.35. The van der Waals surface area contributed by atoms with E-state index in [-0.39, 0.29) is 6.61 Å². The Kier molecular flexibility index (Phi) is 4.90. The van der Waals surface area contributed by atoms with Gasteiger partial charge in [-0.25, -0.2) is 0 Å². The number of benzene rings is 2. The largest absolute Gasteiger partial charge is 0.488 e. The maximum atomic E-state index is 12.6. The zero-order valence-corrected chi connectivity index (χ0v) is 12.5. The fourth-order valence-corrected chi connectivity index (χ4v) is 2.33. The van der Waals surface area contributed by atoms with Crippen LogP contribution in [0.3, 0.4) is 0 Å². The molecular weight excluding hydrogens is 347 g/mol. The van der Waals surface area contributed by atoms with Gasteiger partial charge in [-0.1, -0.05) is 18.2 Å². The van der Waals surface area contributed by atoms with Crippen molar-refractivity contribution in [2.24, 2.45) is 5.73 Å². The lowest BCUT2D eigenvalue weighted by Crippen LogP contribution is -2.06. The summed E-state index contributed by atoms with van der Waals surface area (Å²) in [5.74, 6) is 0.560. The van der Waals surface area contributed by atoms with Gasteiger partial charge in [0.15, 0.2) is 0 Å². The van der Waals surface area contributed by atoms with Crippen molar-refractivity contribution in [2.45, 2.75) is 19.3 Å². The summed E-state index contributed by atoms with van der Waals surface area (Å²) in [5.41, 5.74) is 6.24. The van der Waals surface area contributed by atoms with Crippen LogP contribution in [0.5, 0.6) is 5.75 Å². The van der Waals surface area contributed by atoms with Crippen molar-refractivity contribution in [1.29, 1.82) is 0 Å². The molecule has 2 N–H and O–H groups in total. The zero-order valence-electron chi connectivity index (χ0n) is 11.0. The molecule has 0 aliphatic carbocycles. The smallest absolute Gasteiger partial charge is 0.416 e. The number of alkyl halides is 3. The van der Waals surface area contributed by atoms with Crippen molar-refractivity contribution in [3.05, 3.63) is 63.6 Å². The molecule has 21 heavy (non-hydrogen) atoms. The van der Waals surface area contributed by atoms with Crippen LogP contribution < -0.4 is 10.5 Å². The van der Waals surface area contributed by atoms with Gasteiger partial charge in [-0.3, -0.25) is 0 Å². The van der Waals surface area contributed by atoms with Gasteiger partial charge < -0.3 is 10.5 Å². The first-order valence-electron chi connectivity index (χ1n) is 6.17. The third-order valence-electron chi connectivity index (χ3n) is 2.88. The lowest BCUT2D eigenvalue weighted by Gasteiger charge is -2.11. The second-order valence-corrected chi connectivity index (χ2v) is 5.31. The van der Waals surface area contributed by atoms with E-state index in [2.05, 4.69) is 15.9 Å². The molecule has 112 valence electrons. The minimum Gasteiger partial charge on any atom is -0.488 e. The first-order chi connectivity index (χ1) is 9.90. The van der Waals surface area contributed by atoms with E-state index in [4.69, 9.17) is 10.5 Å². The molecule has 0 bridgehead atoms. The fraction of sp³-hybridized carbons (Fsp3) is 0.200. The quantitative estimate of drug-likeness (QED) is 0.871. The predicted molar refractivity (Wildman–Crippen MR) is 77.8 cm³/mol. The molecule has 2 nitrogen and oxygen atoms in total. The normalized spacial score (nSPS) is 11.5. The summed E-state index contributed by atoms with van der Waals surface area (Å²) >= 11 is 3.35. The van der Waals surface area contributed by atoms with E-state index in [0.717, 1.165) is 22.2 Å². The molecule has 2 aromatic carbocycles. The molecular formula is C15H13BrF3NO. The van der Waals surface area contributed by atoms with Gasteiger partial charge in [0.2, 0.25) is 0 Å². The van der Waals surface area contributed by atoms with Crippen molar-refractivity contribution in [3.8, 4) is 5.75 Å². The SMILES string of the molecule is NCc1ccc(OCc2cccc(C(F)(F)F)c2)c(Br)c1. The topological polar surface area (TPSA) is 35.2 Å². The van der Waals surface area contributed by atoms with Crippen LogP contribution in [0.25, 0.3) is 0 Å². The number of ether oxygens (including phenoxy) is 1. The van der Waals surface area contributed by atoms with Crippen LogP contribution in [0.15, 0.2) is 46.9 Å². The third-order valence-corrected chi connectivity index (χ3v) is 3.50. The zero-order chi connectivity index (χ0) is 15.5. The third kappa shape index (κ3) is 4.22. The highest BCUT2D eigenvalue weighted by Crippen LogP contribution is 2.30. The maximum absolute atomic E-state index is 12.6. The molecule has 6 heteroatoms. The van der Waals surface area contributed by atoms with Gasteiger partial charge >= 0.3 is 6.18 Å². The van der Waals surface area contributed by atoms with Crippen LogP contribution in [0.4, 0.5) is 13.2 Å². The fourth-order valence-electron chi connectivity index (χ4n) is 1.79. The van der Waals surface area contributed by atoms with Gasteiger partial charge in [0, 0.05) is 6.54 Å². The number of rotatable bonds is 4. The molecule has 0 atom stereocenters. The Labute approximate surface area is 128 Å². The van der Waals surface area contributed by atoms with Gasteiger partial charge in [0.25, 0.3) is 0 Å². The predicted octanol–water partition coefficient (Wildman–Crippen LogP) is 4.51. The number of hydrogen-bond acceptors (Lipinski definition) is 2. The highest BCUT2D eigenvalue weighted by Gasteiger charge is 2.30. The molecule has 0 heterocycles. The molecule has 0 spiro atoms. The van der Waals surface area contributed by atoms with Crippen molar-refractivity contribution in [1.82, 2.24) is 0 Å². The molecule has 0 amide bonds. The maximum Gasteiger partial charge on any atom is 0.416 e. The van der Waals surface area contributed by atoms with E-state index in [1.165, 1.54) is 6.07 Å². The minimum atomic E-state index is -4.35. The Hall–Kier alpha value is -1.53. The molecule has 0 aliphatic rings. The average molecular weight is 360 g/mol. The Bertz CT molecular complexity index is 629. The number of halogens is 4. The summed E-state index contributed by atoms with van der Waals surface area (Å²) in [5, 5.41) is 0. The van der Waals surface area contributed by atoms with Gasteiger partial charge in [-0.15, -0.1) is 0 Å². The van der Waals surface area contributed by atoms with Gasteiger partial charge in [0.1, 0.15) is 12.4 Å². The van der Waals surface area contributed by atoms with Gasteiger partial charge in [-0.05, 0) is 51.3 Å². The monoisotopic (exact) mass is 359 g/mol. The summed E-state index contributed by atoms with van der Waals surface area (Å²) in [6, 6.07) is 10.5. The van der Waals surface area contributed by atoms with Gasteiger partial charge in [0.05, 0.1) is 10.0 Å². The van der Waals surface area contributed by atoms with E-state index in [1.807, 2.05) is 12.1 Å². The second kappa shape index (κ2) is 6.49. The number of nitrogens with two attached hydrogens (primary N) is 1. The number of hydrogen-bond donors (Lipinski definition) is 1. The van der Waals surface area contributed by atoms with Crippen LogP contribution >= 0.6 is 15.9 Å². The summed E-state index contributed by atoms with van der Waals surface area (Å²) < 4.78 is 44.1. The Morgan fingerprint density at radius 2 is 1.81 bits per heavy atom. The lowest BCUT2D eigenvalue weighted by molar-refractivity contribution is -0.137. The molecule has 0 radical (unpaired) electrons. The summed E-state index contributed by atoms with van der Waals surface area (Å²) in [6.45, 7) is 0.469. The van der Waals surface area contributed by atoms with Crippen LogP contribution in [0, 0.1) is 0 Å². The van der Waals surface area contributed by atoms with Crippen molar-refractivity contribution in [3.63, 3.8) is 0 Å². The molecule has 2 aromatic rings. The summed E-state index contributed by atoms with van der Waals surface area (Å²) in [4.78, 5) is 0. The van der Waals surface area contributed by atoms with E-state index in [9.17, 15) is 13.2 Å². The highest BCUT2D eigenvalue weighted by molar-refractivity contribution is 9.10. The standard InChI is InChI=1S/C15H13BrF3NO/c16-13-7-10(8-20)4-5-14(13)21-9-11-2-1-3-12(6-11)15(17,18)19/h1-7H,8-9,20H2. The second-order valence-electron chi connectivity index (χ2n) is 4.46. The van der Waals surface area contributed by atoms with Crippen molar-refractivity contribution < 1.29 is 17.9 Å². The lowest BCUT2D eigenvalue weighted by atomic mass is 10.1. The Balaban J connectivity index is 2.10. The van der Waals surface area contributed by atoms with E-state index >= 15 is 0 Å². The first-order valence-corrected chi connectivity index (χ1v) is 6.97. The van der Waals surface area contributed by atoms with Crippen molar-refractivity contribution in [2.75, 3.05) is 0 Å². The van der Waals surface area contributed by atoms with E-state index in [1.54, 1.807) is 12.1 Å². The minimum absolute atomic E-state index is 0.0600. The van der Waals surface area contributed by atoms with Crippen LogP contribution in [0.1, 0.15) is 16.7 Å². The van der Waals surface area contributed by atoms with Crippen LogP contribution in [-0.4, -0.2) is 0 Å². The Morgan fingerprint density at radius 1 is 1.05 bits per heavy atom. The molecule has 0 saturated heterocycles.